The van der Waals surface area contributed by atoms with Crippen molar-refractivity contribution < 1.29 is 20.1 Å². The molecule has 0 aromatic rings. The lowest BCUT2D eigenvalue weighted by molar-refractivity contribution is -0.719. The zero-order valence-corrected chi connectivity index (χ0v) is 11.7. The molecule has 0 saturated heterocycles. The Morgan fingerprint density at radius 1 is 0.636 bits per heavy atom. The number of hydrogen-bond donors (Lipinski definition) is 0. The Balaban J connectivity index is 4.70. The van der Waals surface area contributed by atoms with E-state index in [0.717, 1.165) is 14.1 Å². The van der Waals surface area contributed by atoms with Gasteiger partial charge in [0, 0.05) is 0 Å². The maximum Gasteiger partial charge on any atom is 0.207 e. The fourth-order valence-corrected chi connectivity index (χ4v) is 1.21. The van der Waals surface area contributed by atoms with Gasteiger partial charge in [-0.15, -0.1) is 20.0 Å². The maximum absolute atomic E-state index is 10.7. The average Bonchev–Trinajstić information content (AvgIpc) is 2.40. The smallest absolute Gasteiger partial charge is 0.207 e. The van der Waals surface area contributed by atoms with Crippen LogP contribution in [0.5, 0.6) is 0 Å². The standard InChI is InChI=1S/C6H14N8O8/c1-7(11(15)16)5-9(13(19)20)3-4-10(14(21)22)6-8(2)12(17)18/h3-6H2,1-2H3. The van der Waals surface area contributed by atoms with Crippen LogP contribution in [0.3, 0.4) is 0 Å². The molecule has 16 nitrogen and oxygen atoms in total. The summed E-state index contributed by atoms with van der Waals surface area (Å²) in [6, 6.07) is 0. The van der Waals surface area contributed by atoms with Gasteiger partial charge in [0.1, 0.15) is 13.1 Å². The van der Waals surface area contributed by atoms with E-state index in [9.17, 15) is 40.5 Å². The Kier molecular flexibility index (Phi) is 6.98. The van der Waals surface area contributed by atoms with Crippen molar-refractivity contribution in [2.45, 2.75) is 0 Å². The van der Waals surface area contributed by atoms with Gasteiger partial charge in [-0.05, 0) is 0 Å². The van der Waals surface area contributed by atoms with Crippen LogP contribution in [0.1, 0.15) is 0 Å². The second kappa shape index (κ2) is 8.17. The van der Waals surface area contributed by atoms with Crippen LogP contribution < -0.4 is 0 Å². The molecule has 0 unspecified atom stereocenters. The van der Waals surface area contributed by atoms with Crippen LogP contribution >= 0.6 is 0 Å². The van der Waals surface area contributed by atoms with Gasteiger partial charge in [-0.25, -0.2) is 40.5 Å². The number of nitro groups is 4. The number of nitrogens with zero attached hydrogens (tertiary/aromatic N) is 8. The minimum absolute atomic E-state index is 0.380. The molecule has 0 N–H and O–H groups in total. The molecule has 0 aromatic carbocycles. The van der Waals surface area contributed by atoms with Gasteiger partial charge in [-0.1, -0.05) is 0 Å². The summed E-state index contributed by atoms with van der Waals surface area (Å²) in [6.45, 7) is -2.51. The predicted octanol–water partition coefficient (Wildman–Crippen LogP) is -1.86. The zero-order valence-electron chi connectivity index (χ0n) is 11.7. The van der Waals surface area contributed by atoms with Gasteiger partial charge in [0.15, 0.2) is 20.1 Å². The average molecular weight is 326 g/mol. The predicted molar refractivity (Wildman–Crippen MR) is 66.6 cm³/mol. The Labute approximate surface area is 122 Å². The third kappa shape index (κ3) is 6.30. The highest BCUT2D eigenvalue weighted by molar-refractivity contribution is 4.48. The molecule has 0 radical (unpaired) electrons. The van der Waals surface area contributed by atoms with Crippen molar-refractivity contribution in [2.75, 3.05) is 40.5 Å². The normalized spacial score (nSPS) is 9.73. The molecule has 0 amide bonds. The van der Waals surface area contributed by atoms with Crippen molar-refractivity contribution in [1.82, 2.24) is 20.0 Å². The third-order valence-corrected chi connectivity index (χ3v) is 2.37. The summed E-state index contributed by atoms with van der Waals surface area (Å²) in [7, 11) is 1.98. The quantitative estimate of drug-likeness (QED) is 0.234. The Morgan fingerprint density at radius 2 is 0.909 bits per heavy atom. The van der Waals surface area contributed by atoms with Crippen LogP contribution in [-0.2, 0) is 0 Å². The van der Waals surface area contributed by atoms with Gasteiger partial charge in [0.2, 0.25) is 13.3 Å². The first-order valence-electron chi connectivity index (χ1n) is 5.55. The first kappa shape index (κ1) is 18.8. The van der Waals surface area contributed by atoms with Crippen molar-refractivity contribution >= 4 is 0 Å². The van der Waals surface area contributed by atoms with Crippen LogP contribution in [0.2, 0.25) is 0 Å². The van der Waals surface area contributed by atoms with E-state index in [2.05, 4.69) is 0 Å². The van der Waals surface area contributed by atoms with E-state index < -0.39 is 46.6 Å². The summed E-state index contributed by atoms with van der Waals surface area (Å²) in [5.41, 5.74) is 0. The summed E-state index contributed by atoms with van der Waals surface area (Å²) >= 11 is 0. The Hall–Kier alpha value is -3.20. The zero-order chi connectivity index (χ0) is 17.4. The molecule has 22 heavy (non-hydrogen) atoms. The first-order valence-corrected chi connectivity index (χ1v) is 5.55. The molecule has 0 aliphatic heterocycles. The van der Waals surface area contributed by atoms with Crippen molar-refractivity contribution in [3.05, 3.63) is 40.5 Å². The van der Waals surface area contributed by atoms with E-state index in [-0.39, 0.29) is 0 Å². The molecule has 0 fully saturated rings. The summed E-state index contributed by atoms with van der Waals surface area (Å²) in [5.74, 6) is 0. The van der Waals surface area contributed by atoms with Gasteiger partial charge < -0.3 is 0 Å². The molecule has 126 valence electrons. The highest BCUT2D eigenvalue weighted by atomic mass is 16.7. The molecular weight excluding hydrogens is 312 g/mol. The van der Waals surface area contributed by atoms with E-state index in [1.165, 1.54) is 0 Å². The fourth-order valence-electron chi connectivity index (χ4n) is 1.21. The van der Waals surface area contributed by atoms with Crippen molar-refractivity contribution in [2.24, 2.45) is 0 Å². The molecule has 0 aromatic heterocycles. The van der Waals surface area contributed by atoms with Crippen LogP contribution in [0, 0.1) is 40.5 Å². The van der Waals surface area contributed by atoms with E-state index in [0.29, 0.717) is 20.0 Å². The van der Waals surface area contributed by atoms with Gasteiger partial charge in [0.05, 0.1) is 14.1 Å². The molecule has 0 aliphatic rings. The lowest BCUT2D eigenvalue weighted by atomic mass is 10.6. The second-order valence-corrected chi connectivity index (χ2v) is 4.01. The molecule has 0 bridgehead atoms. The third-order valence-electron chi connectivity index (χ3n) is 2.37. The molecular formula is C6H14N8O8. The summed E-state index contributed by atoms with van der Waals surface area (Å²) in [6.07, 6.45) is 0. The number of hydrazine groups is 4. The SMILES string of the molecule is CN(CN(CCN(CN(C)[N+](=O)[O-])[N+](=O)[O-])[N+](=O)[O-])[N+](=O)[O-]. The van der Waals surface area contributed by atoms with Gasteiger partial charge in [0.25, 0.3) is 0 Å². The first-order chi connectivity index (χ1) is 10.1. The topological polar surface area (TPSA) is 186 Å². The molecule has 0 rings (SSSR count). The van der Waals surface area contributed by atoms with Crippen LogP contribution in [0.25, 0.3) is 0 Å². The number of hydrogen-bond acceptors (Lipinski definition) is 8. The van der Waals surface area contributed by atoms with Crippen molar-refractivity contribution in [1.29, 1.82) is 0 Å². The molecule has 0 heterocycles. The molecule has 16 heteroatoms. The molecule has 0 spiro atoms. The van der Waals surface area contributed by atoms with Gasteiger partial charge >= 0.3 is 0 Å². The van der Waals surface area contributed by atoms with E-state index in [1.54, 1.807) is 0 Å². The minimum Gasteiger partial charge on any atom is -0.235 e. The summed E-state index contributed by atoms with van der Waals surface area (Å²) in [4.78, 5) is 42.3. The molecule has 0 aliphatic carbocycles. The summed E-state index contributed by atoms with van der Waals surface area (Å²) < 4.78 is 0. The number of rotatable bonds is 11. The summed E-state index contributed by atoms with van der Waals surface area (Å²) in [5, 5.41) is 40.2. The highest BCUT2D eigenvalue weighted by Gasteiger charge is 2.27. The Bertz CT molecular complexity index is 404. The molecule has 0 atom stereocenters. The highest BCUT2D eigenvalue weighted by Crippen LogP contribution is 1.98. The minimum atomic E-state index is -0.949. The van der Waals surface area contributed by atoms with Crippen LogP contribution in [0.15, 0.2) is 0 Å². The monoisotopic (exact) mass is 326 g/mol. The lowest BCUT2D eigenvalue weighted by Gasteiger charge is -2.20. The lowest BCUT2D eigenvalue weighted by Crippen LogP contribution is -2.48. The largest absolute Gasteiger partial charge is 0.235 e. The second-order valence-electron chi connectivity index (χ2n) is 4.01. The van der Waals surface area contributed by atoms with Crippen molar-refractivity contribution in [3.8, 4) is 0 Å². The van der Waals surface area contributed by atoms with E-state index in [4.69, 9.17) is 0 Å². The van der Waals surface area contributed by atoms with Gasteiger partial charge in [-0.2, -0.15) is 0 Å². The van der Waals surface area contributed by atoms with E-state index in [1.807, 2.05) is 0 Å². The van der Waals surface area contributed by atoms with Crippen LogP contribution in [-0.4, -0.2) is 80.7 Å². The van der Waals surface area contributed by atoms with Crippen LogP contribution in [0.4, 0.5) is 0 Å². The van der Waals surface area contributed by atoms with E-state index >= 15 is 0 Å². The Morgan fingerprint density at radius 3 is 1.09 bits per heavy atom. The van der Waals surface area contributed by atoms with Crippen molar-refractivity contribution in [3.63, 3.8) is 0 Å². The fraction of sp³-hybridized carbons (Fsp3) is 1.00. The maximum atomic E-state index is 10.7. The molecule has 0 saturated carbocycles. The van der Waals surface area contributed by atoms with Gasteiger partial charge in [-0.3, -0.25) is 0 Å².